The summed E-state index contributed by atoms with van der Waals surface area (Å²) < 4.78 is 51.8. The minimum absolute atomic E-state index is 0.120. The van der Waals surface area contributed by atoms with Crippen molar-refractivity contribution < 1.29 is 32.2 Å². The van der Waals surface area contributed by atoms with Gasteiger partial charge in [-0.2, -0.15) is 13.2 Å². The zero-order valence-electron chi connectivity index (χ0n) is 13.1. The molecule has 0 aliphatic carbocycles. The van der Waals surface area contributed by atoms with E-state index in [1.165, 1.54) is 25.3 Å². The normalized spacial score (nSPS) is 17.2. The van der Waals surface area contributed by atoms with E-state index in [0.29, 0.717) is 26.1 Å². The fourth-order valence-corrected chi connectivity index (χ4v) is 2.25. The number of amides is 1. The van der Waals surface area contributed by atoms with Crippen molar-refractivity contribution in [1.82, 2.24) is 0 Å². The first kappa shape index (κ1) is 18.3. The maximum Gasteiger partial charge on any atom is 0.422 e. The Balaban J connectivity index is 2.11. The van der Waals surface area contributed by atoms with Crippen LogP contribution in [0.2, 0.25) is 0 Å². The third-order valence-corrected chi connectivity index (χ3v) is 3.65. The van der Waals surface area contributed by atoms with Crippen LogP contribution in [0.3, 0.4) is 0 Å². The maximum absolute atomic E-state index is 12.3. The lowest BCUT2D eigenvalue weighted by atomic mass is 9.90. The van der Waals surface area contributed by atoms with Gasteiger partial charge in [-0.15, -0.1) is 0 Å². The first-order chi connectivity index (χ1) is 11.2. The lowest BCUT2D eigenvalue weighted by Crippen LogP contribution is -2.54. The van der Waals surface area contributed by atoms with Gasteiger partial charge in [0.1, 0.15) is 5.54 Å². The second kappa shape index (κ2) is 7.27. The molecule has 0 aromatic heterocycles. The maximum atomic E-state index is 12.3. The predicted octanol–water partition coefficient (Wildman–Crippen LogP) is 2.08. The van der Waals surface area contributed by atoms with Gasteiger partial charge in [-0.1, -0.05) is 0 Å². The Morgan fingerprint density at radius 1 is 1.33 bits per heavy atom. The smallest absolute Gasteiger partial charge is 0.422 e. The minimum Gasteiger partial charge on any atom is -0.493 e. The van der Waals surface area contributed by atoms with E-state index in [0.717, 1.165) is 0 Å². The molecule has 6 nitrogen and oxygen atoms in total. The molecular formula is C15H19F3N2O4. The first-order valence-electron chi connectivity index (χ1n) is 7.29. The van der Waals surface area contributed by atoms with Gasteiger partial charge in [-0.3, -0.25) is 4.79 Å². The fourth-order valence-electron chi connectivity index (χ4n) is 2.25. The number of anilines is 1. The van der Waals surface area contributed by atoms with Crippen molar-refractivity contribution in [3.63, 3.8) is 0 Å². The second-order valence-electron chi connectivity index (χ2n) is 5.49. The molecule has 2 rings (SSSR count). The molecule has 1 fully saturated rings. The van der Waals surface area contributed by atoms with Crippen LogP contribution in [0.15, 0.2) is 18.2 Å². The van der Waals surface area contributed by atoms with E-state index < -0.39 is 24.2 Å². The van der Waals surface area contributed by atoms with Crippen molar-refractivity contribution in [2.75, 3.05) is 32.2 Å². The van der Waals surface area contributed by atoms with Crippen LogP contribution in [0, 0.1) is 0 Å². The predicted molar refractivity (Wildman–Crippen MR) is 80.1 cm³/mol. The largest absolute Gasteiger partial charge is 0.493 e. The highest BCUT2D eigenvalue weighted by atomic mass is 19.4. The zero-order chi connectivity index (χ0) is 17.8. The summed E-state index contributed by atoms with van der Waals surface area (Å²) in [5, 5.41) is 2.60. The summed E-state index contributed by atoms with van der Waals surface area (Å²) in [7, 11) is 1.31. The summed E-state index contributed by atoms with van der Waals surface area (Å²) in [4.78, 5) is 12.3. The van der Waals surface area contributed by atoms with E-state index in [-0.39, 0.29) is 17.2 Å². The number of carbonyl (C=O) groups is 1. The standard InChI is InChI=1S/C15H19F3N2O4/c1-22-11-3-2-10(8-12(11)24-9-15(16,17)18)20-13(21)14(19)4-6-23-7-5-14/h2-3,8H,4-7,9,19H2,1H3,(H,20,21). The number of alkyl halides is 3. The molecule has 3 N–H and O–H groups in total. The average Bonchev–Trinajstić information content (AvgIpc) is 2.53. The highest BCUT2D eigenvalue weighted by Gasteiger charge is 2.36. The van der Waals surface area contributed by atoms with Crippen molar-refractivity contribution in [3.05, 3.63) is 18.2 Å². The number of carbonyl (C=O) groups excluding carboxylic acids is 1. The Kier molecular flexibility index (Phi) is 5.55. The molecule has 1 saturated heterocycles. The van der Waals surface area contributed by atoms with Gasteiger partial charge in [-0.25, -0.2) is 0 Å². The third kappa shape index (κ3) is 4.75. The minimum atomic E-state index is -4.48. The summed E-state index contributed by atoms with van der Waals surface area (Å²) in [6.07, 6.45) is -3.74. The Labute approximate surface area is 137 Å². The summed E-state index contributed by atoms with van der Waals surface area (Å²) in [5.41, 5.74) is 5.27. The van der Waals surface area contributed by atoms with Gasteiger partial charge < -0.3 is 25.3 Å². The molecule has 1 heterocycles. The van der Waals surface area contributed by atoms with Gasteiger partial charge >= 0.3 is 6.18 Å². The molecule has 0 radical (unpaired) electrons. The van der Waals surface area contributed by atoms with E-state index in [2.05, 4.69) is 5.32 Å². The number of hydrogen-bond acceptors (Lipinski definition) is 5. The van der Waals surface area contributed by atoms with Crippen LogP contribution in [0.25, 0.3) is 0 Å². The highest BCUT2D eigenvalue weighted by Crippen LogP contribution is 2.32. The van der Waals surface area contributed by atoms with Crippen molar-refractivity contribution in [2.45, 2.75) is 24.6 Å². The zero-order valence-corrected chi connectivity index (χ0v) is 13.1. The van der Waals surface area contributed by atoms with Crippen LogP contribution < -0.4 is 20.5 Å². The van der Waals surface area contributed by atoms with Gasteiger partial charge in [0.25, 0.3) is 0 Å². The number of methoxy groups -OCH3 is 1. The number of hydrogen-bond donors (Lipinski definition) is 2. The van der Waals surface area contributed by atoms with Crippen molar-refractivity contribution in [1.29, 1.82) is 0 Å². The average molecular weight is 348 g/mol. The number of nitrogens with one attached hydrogen (secondary N) is 1. The lowest BCUT2D eigenvalue weighted by Gasteiger charge is -2.31. The van der Waals surface area contributed by atoms with Crippen LogP contribution in [-0.4, -0.2) is 44.6 Å². The van der Waals surface area contributed by atoms with Crippen molar-refractivity contribution in [3.8, 4) is 11.5 Å². The van der Waals surface area contributed by atoms with Gasteiger partial charge in [-0.05, 0) is 25.0 Å². The summed E-state index contributed by atoms with van der Waals surface area (Å²) in [5.74, 6) is -0.408. The molecule has 0 bridgehead atoms. The van der Waals surface area contributed by atoms with Crippen molar-refractivity contribution in [2.24, 2.45) is 5.73 Å². The SMILES string of the molecule is COc1ccc(NC(=O)C2(N)CCOCC2)cc1OCC(F)(F)F. The number of halogens is 3. The van der Waals surface area contributed by atoms with Gasteiger partial charge in [0, 0.05) is 25.0 Å². The van der Waals surface area contributed by atoms with Gasteiger partial charge in [0.15, 0.2) is 18.1 Å². The summed E-state index contributed by atoms with van der Waals surface area (Å²) in [6, 6.07) is 4.18. The van der Waals surface area contributed by atoms with Crippen molar-refractivity contribution >= 4 is 11.6 Å². The van der Waals surface area contributed by atoms with E-state index >= 15 is 0 Å². The van der Waals surface area contributed by atoms with E-state index in [4.69, 9.17) is 19.9 Å². The number of benzene rings is 1. The topological polar surface area (TPSA) is 82.8 Å². The molecule has 0 unspecified atom stereocenters. The molecule has 1 amide bonds. The Hall–Kier alpha value is -2.00. The van der Waals surface area contributed by atoms with Crippen LogP contribution in [0.5, 0.6) is 11.5 Å². The quantitative estimate of drug-likeness (QED) is 0.851. The summed E-state index contributed by atoms with van der Waals surface area (Å²) >= 11 is 0. The molecule has 24 heavy (non-hydrogen) atoms. The molecule has 0 spiro atoms. The second-order valence-corrected chi connectivity index (χ2v) is 5.49. The first-order valence-corrected chi connectivity index (χ1v) is 7.29. The number of ether oxygens (including phenoxy) is 3. The Bertz CT molecular complexity index is 587. The molecule has 1 aliphatic heterocycles. The van der Waals surface area contributed by atoms with E-state index in [1.54, 1.807) is 0 Å². The highest BCUT2D eigenvalue weighted by molar-refractivity contribution is 5.98. The molecule has 1 aromatic rings. The Morgan fingerprint density at radius 3 is 2.58 bits per heavy atom. The molecular weight excluding hydrogens is 329 g/mol. The number of nitrogens with two attached hydrogens (primary N) is 1. The van der Waals surface area contributed by atoms with Crippen LogP contribution in [0.4, 0.5) is 18.9 Å². The number of rotatable bonds is 5. The van der Waals surface area contributed by atoms with E-state index in [9.17, 15) is 18.0 Å². The lowest BCUT2D eigenvalue weighted by molar-refractivity contribution is -0.153. The molecule has 0 saturated carbocycles. The summed E-state index contributed by atoms with van der Waals surface area (Å²) in [6.45, 7) is -0.697. The van der Waals surface area contributed by atoms with E-state index in [1.807, 2.05) is 0 Å². The van der Waals surface area contributed by atoms with Crippen LogP contribution in [-0.2, 0) is 9.53 Å². The monoisotopic (exact) mass is 348 g/mol. The van der Waals surface area contributed by atoms with Gasteiger partial charge in [0.2, 0.25) is 5.91 Å². The van der Waals surface area contributed by atoms with Crippen LogP contribution in [0.1, 0.15) is 12.8 Å². The molecule has 0 atom stereocenters. The van der Waals surface area contributed by atoms with Crippen LogP contribution >= 0.6 is 0 Å². The molecule has 1 aliphatic rings. The third-order valence-electron chi connectivity index (χ3n) is 3.65. The van der Waals surface area contributed by atoms with Gasteiger partial charge in [0.05, 0.1) is 7.11 Å². The molecule has 1 aromatic carbocycles. The Morgan fingerprint density at radius 2 is 2.00 bits per heavy atom. The molecule has 9 heteroatoms. The molecule has 134 valence electrons. The fraction of sp³-hybridized carbons (Fsp3) is 0.533.